The lowest BCUT2D eigenvalue weighted by Gasteiger charge is -2.22. The van der Waals surface area contributed by atoms with Crippen LogP contribution < -0.4 is 0 Å². The molecule has 0 radical (unpaired) electrons. The average molecular weight is 1570 g/mol. The van der Waals surface area contributed by atoms with Crippen LogP contribution in [0.25, 0.3) is 283 Å². The molecule has 6 heteroatoms. The first-order valence-electron chi connectivity index (χ1n) is 39.8. The summed E-state index contributed by atoms with van der Waals surface area (Å²) in [7, 11) is 0. The summed E-state index contributed by atoms with van der Waals surface area (Å²) < 4.78 is 16.4. The van der Waals surface area contributed by atoms with Crippen LogP contribution in [0.5, 0.6) is 0 Å². The van der Waals surface area contributed by atoms with Gasteiger partial charge in [0.05, 0.1) is 0 Å². The minimum absolute atomic E-state index is 1.30. The van der Waals surface area contributed by atoms with Gasteiger partial charge in [-0.25, -0.2) is 0 Å². The van der Waals surface area contributed by atoms with Crippen molar-refractivity contribution in [1.82, 2.24) is 0 Å². The van der Waals surface area contributed by atoms with Gasteiger partial charge in [-0.3, -0.25) is 0 Å². The second-order valence-electron chi connectivity index (χ2n) is 31.5. The molecule has 0 saturated carbocycles. The van der Waals surface area contributed by atoms with Crippen molar-refractivity contribution in [2.75, 3.05) is 0 Å². The lowest BCUT2D eigenvalue weighted by molar-refractivity contribution is 1.80. The second-order valence-corrected chi connectivity index (χ2v) is 37.9. The maximum absolute atomic E-state index is 2.39. The fraction of sp³-hybridized carbons (Fsp3) is 0. The summed E-state index contributed by atoms with van der Waals surface area (Å²) in [4.78, 5) is 0. The molecule has 0 atom stereocenters. The summed E-state index contributed by atoms with van der Waals surface area (Å²) in [6.45, 7) is 0. The topological polar surface area (TPSA) is 0 Å². The first-order chi connectivity index (χ1) is 57.6. The quantitative estimate of drug-likeness (QED) is 0.105. The van der Waals surface area contributed by atoms with Gasteiger partial charge < -0.3 is 0 Å². The largest absolute Gasteiger partial charge is 0.135 e. The zero-order chi connectivity index (χ0) is 75.0. The van der Waals surface area contributed by atoms with Gasteiger partial charge in [-0.2, -0.15) is 0 Å². The highest BCUT2D eigenvalue weighted by molar-refractivity contribution is 7.28. The average Bonchev–Trinajstić information content (AvgIpc) is 0.673. The highest BCUT2D eigenvalue weighted by Gasteiger charge is 2.28. The maximum atomic E-state index is 2.39. The molecule has 6 heterocycles. The van der Waals surface area contributed by atoms with Crippen molar-refractivity contribution in [2.24, 2.45) is 0 Å². The Bertz CT molecular complexity index is 9490. The normalized spacial score (nSPS) is 12.7. The van der Waals surface area contributed by atoms with Crippen LogP contribution in [0.2, 0.25) is 0 Å². The van der Waals surface area contributed by atoms with E-state index in [0.29, 0.717) is 0 Å². The molecule has 6 aromatic heterocycles. The Morgan fingerprint density at radius 3 is 0.845 bits per heavy atom. The van der Waals surface area contributed by atoms with E-state index in [9.17, 15) is 0 Å². The number of hydrogen-bond donors (Lipinski definition) is 0. The van der Waals surface area contributed by atoms with Crippen molar-refractivity contribution in [3.63, 3.8) is 0 Å². The molecular formula is C110H56S6. The first kappa shape index (κ1) is 63.4. The number of benzene rings is 24. The van der Waals surface area contributed by atoms with Crippen LogP contribution in [0, 0.1) is 0 Å². The molecule has 532 valence electrons. The number of rotatable bonds is 0. The molecule has 0 saturated heterocycles. The molecule has 30 aromatic rings. The fourth-order valence-electron chi connectivity index (χ4n) is 21.4. The summed E-state index contributed by atoms with van der Waals surface area (Å²) in [6.07, 6.45) is 0. The zero-order valence-electron chi connectivity index (χ0n) is 61.8. The Balaban J connectivity index is 0.0000000918. The molecule has 30 rings (SSSR count). The standard InChI is InChI=1S/C42H22S2.C34H16S2.C34H18S2/c1-5-15-27-23(11-1)25-13-3-7-17-29(25)41-39(27)37-31-19-9-22-34-36(31)38(32-20-10-21-33(43-41)35(32)37)40-28-16-6-2-12-24(28)26-14-4-8-18-30(26)42(40)44-34;1-2-7-19-17(5-1)11-14-24-28(19)31-22-9-4-10-23-29(22)34-30-21(13-16-26(36-24)33(30)31)20-8-3-6-18-12-15-25(35-23)32(34)27(18)20;1-3-9-21-19(7-1)16-18-28-30(21)33-24-12-6-14-27-31(24)29(23-11-5-13-26(35-28)32(23)33)25-17-15-20-8-2-4-10-22(20)34(25)36-27/h1-22H;1-16H;1-18H. The molecule has 24 aromatic carbocycles. The van der Waals surface area contributed by atoms with Crippen LogP contribution in [-0.2, 0) is 0 Å². The minimum atomic E-state index is 1.30. The van der Waals surface area contributed by atoms with Crippen LogP contribution in [0.15, 0.2) is 340 Å². The summed E-state index contributed by atoms with van der Waals surface area (Å²) in [5, 5.41) is 57.7. The lowest BCUT2D eigenvalue weighted by atomic mass is 9.84. The van der Waals surface area contributed by atoms with Crippen LogP contribution in [0.1, 0.15) is 0 Å². The van der Waals surface area contributed by atoms with Gasteiger partial charge in [-0.05, 0) is 168 Å². The van der Waals surface area contributed by atoms with Crippen molar-refractivity contribution in [3.05, 3.63) is 340 Å². The fourth-order valence-corrected chi connectivity index (χ4v) is 28.7. The molecule has 0 nitrogen and oxygen atoms in total. The third kappa shape index (κ3) is 8.30. The first-order valence-corrected chi connectivity index (χ1v) is 44.7. The molecular weight excluding hydrogens is 1510 g/mol. The van der Waals surface area contributed by atoms with Gasteiger partial charge in [-0.1, -0.05) is 285 Å². The Morgan fingerprint density at radius 1 is 0.0948 bits per heavy atom. The third-order valence-electron chi connectivity index (χ3n) is 25.9. The predicted molar refractivity (Wildman–Crippen MR) is 522 cm³/mol. The van der Waals surface area contributed by atoms with E-state index >= 15 is 0 Å². The molecule has 116 heavy (non-hydrogen) atoms. The van der Waals surface area contributed by atoms with E-state index in [4.69, 9.17) is 0 Å². The maximum Gasteiger partial charge on any atom is 0.0440 e. The Morgan fingerprint density at radius 2 is 0.345 bits per heavy atom. The Labute approximate surface area is 684 Å². The molecule has 0 N–H and O–H groups in total. The van der Waals surface area contributed by atoms with E-state index in [2.05, 4.69) is 340 Å². The highest BCUT2D eigenvalue weighted by atomic mass is 32.1. The van der Waals surface area contributed by atoms with Crippen LogP contribution in [0.3, 0.4) is 0 Å². The predicted octanol–water partition coefficient (Wildman–Crippen LogP) is 35.4. The van der Waals surface area contributed by atoms with Gasteiger partial charge >= 0.3 is 0 Å². The van der Waals surface area contributed by atoms with Gasteiger partial charge in [0.1, 0.15) is 0 Å². The summed E-state index contributed by atoms with van der Waals surface area (Å²) in [5.74, 6) is 0. The van der Waals surface area contributed by atoms with Crippen molar-refractivity contribution in [2.45, 2.75) is 0 Å². The van der Waals surface area contributed by atoms with Gasteiger partial charge in [0, 0.05) is 170 Å². The number of fused-ring (bicyclic) bond motifs is 32. The summed E-state index contributed by atoms with van der Waals surface area (Å²) >= 11 is 11.6. The molecule has 0 bridgehead atoms. The van der Waals surface area contributed by atoms with Crippen molar-refractivity contribution in [3.8, 4) is 0 Å². The van der Waals surface area contributed by atoms with Crippen LogP contribution >= 0.6 is 68.0 Å². The Hall–Kier alpha value is -13.0. The second kappa shape index (κ2) is 23.4. The van der Waals surface area contributed by atoms with E-state index in [0.717, 1.165) is 0 Å². The van der Waals surface area contributed by atoms with Crippen molar-refractivity contribution < 1.29 is 0 Å². The SMILES string of the molecule is c1ccc2c(c1)c1ccccc1c1c2sc2cccc3c2c1c1cccc2sc4c5ccccc5c5ccccc5c4c3c21.c1ccc2c(c1)ccc1c2sc2cccc3c2c1c1cccc2sc4ccc5ccccc5c4c3c21.c1ccc2c(c1)ccc1sc3ccc4c5cccc6ccc7sc8cccc9c8c(c7c65)c4c3c9c12. The Kier molecular flexibility index (Phi) is 12.8. The molecule has 0 aliphatic rings. The van der Waals surface area contributed by atoms with Gasteiger partial charge in [0.25, 0.3) is 0 Å². The molecule has 0 unspecified atom stereocenters. The molecule has 0 spiro atoms. The highest BCUT2D eigenvalue weighted by Crippen LogP contribution is 2.58. The van der Waals surface area contributed by atoms with Gasteiger partial charge in [0.15, 0.2) is 0 Å². The smallest absolute Gasteiger partial charge is 0.0440 e. The molecule has 0 aliphatic heterocycles. The summed E-state index contributed by atoms with van der Waals surface area (Å²) in [6, 6.07) is 127. The summed E-state index contributed by atoms with van der Waals surface area (Å²) in [5.41, 5.74) is 0. The molecule has 0 fully saturated rings. The third-order valence-corrected chi connectivity index (χ3v) is 32.9. The zero-order valence-corrected chi connectivity index (χ0v) is 66.7. The van der Waals surface area contributed by atoms with E-state index in [1.807, 2.05) is 68.0 Å². The lowest BCUT2D eigenvalue weighted by Crippen LogP contribution is -1.93. The van der Waals surface area contributed by atoms with Gasteiger partial charge in [0.2, 0.25) is 0 Å². The van der Waals surface area contributed by atoms with Crippen LogP contribution in [-0.4, -0.2) is 0 Å². The van der Waals surface area contributed by atoms with Gasteiger partial charge in [-0.15, -0.1) is 68.0 Å². The van der Waals surface area contributed by atoms with E-state index < -0.39 is 0 Å². The molecule has 0 aliphatic carbocycles. The van der Waals surface area contributed by atoms with E-state index in [1.54, 1.807) is 0 Å². The van der Waals surface area contributed by atoms with Crippen molar-refractivity contribution in [1.29, 1.82) is 0 Å². The van der Waals surface area contributed by atoms with E-state index in [1.165, 1.54) is 283 Å². The van der Waals surface area contributed by atoms with Crippen molar-refractivity contribution >= 4 is 351 Å². The van der Waals surface area contributed by atoms with E-state index in [-0.39, 0.29) is 0 Å². The number of hydrogen-bond acceptors (Lipinski definition) is 6. The minimum Gasteiger partial charge on any atom is -0.135 e. The monoisotopic (exact) mass is 1570 g/mol. The molecule has 0 amide bonds. The van der Waals surface area contributed by atoms with Crippen LogP contribution in [0.4, 0.5) is 0 Å².